The fourth-order valence-corrected chi connectivity index (χ4v) is 3.84. The molecule has 3 heteroatoms. The number of ether oxygens (including phenoxy) is 1. The van der Waals surface area contributed by atoms with Crippen LogP contribution in [0.3, 0.4) is 0 Å². The predicted molar refractivity (Wildman–Crippen MR) is 80.0 cm³/mol. The second-order valence-corrected chi connectivity index (χ2v) is 6.48. The van der Waals surface area contributed by atoms with Crippen molar-refractivity contribution in [3.05, 3.63) is 29.8 Å². The SMILES string of the molecule is CCC1CNC(C2CC2)CN1C1COc2ccccc21. The minimum Gasteiger partial charge on any atom is -0.491 e. The van der Waals surface area contributed by atoms with E-state index in [9.17, 15) is 0 Å². The molecule has 3 aliphatic rings. The quantitative estimate of drug-likeness (QED) is 0.915. The molecule has 0 aromatic heterocycles. The van der Waals surface area contributed by atoms with Gasteiger partial charge in [-0.3, -0.25) is 4.90 Å². The molecule has 0 spiro atoms. The van der Waals surface area contributed by atoms with Crippen molar-refractivity contribution in [1.29, 1.82) is 0 Å². The first kappa shape index (κ1) is 12.7. The highest BCUT2D eigenvalue weighted by Crippen LogP contribution is 2.40. The summed E-state index contributed by atoms with van der Waals surface area (Å²) < 4.78 is 5.91. The number of hydrogen-bond donors (Lipinski definition) is 1. The van der Waals surface area contributed by atoms with Gasteiger partial charge in [-0.05, 0) is 31.2 Å². The van der Waals surface area contributed by atoms with Gasteiger partial charge in [-0.1, -0.05) is 25.1 Å². The van der Waals surface area contributed by atoms with E-state index in [-0.39, 0.29) is 0 Å². The summed E-state index contributed by atoms with van der Waals surface area (Å²) >= 11 is 0. The Morgan fingerprint density at radius 1 is 1.30 bits per heavy atom. The largest absolute Gasteiger partial charge is 0.491 e. The van der Waals surface area contributed by atoms with Crippen molar-refractivity contribution in [2.75, 3.05) is 19.7 Å². The summed E-state index contributed by atoms with van der Waals surface area (Å²) in [5.41, 5.74) is 1.39. The number of nitrogens with one attached hydrogen (secondary N) is 1. The van der Waals surface area contributed by atoms with Gasteiger partial charge in [-0.2, -0.15) is 0 Å². The third-order valence-electron chi connectivity index (χ3n) is 5.23. The van der Waals surface area contributed by atoms with Crippen molar-refractivity contribution in [1.82, 2.24) is 10.2 Å². The Balaban J connectivity index is 1.58. The lowest BCUT2D eigenvalue weighted by atomic mass is 9.98. The molecule has 1 aromatic carbocycles. The van der Waals surface area contributed by atoms with Gasteiger partial charge in [0.2, 0.25) is 0 Å². The normalized spacial score (nSPS) is 33.8. The maximum atomic E-state index is 5.91. The fourth-order valence-electron chi connectivity index (χ4n) is 3.84. The molecule has 3 unspecified atom stereocenters. The van der Waals surface area contributed by atoms with E-state index >= 15 is 0 Å². The first-order valence-corrected chi connectivity index (χ1v) is 8.07. The zero-order valence-electron chi connectivity index (χ0n) is 12.2. The highest BCUT2D eigenvalue weighted by Gasteiger charge is 2.41. The van der Waals surface area contributed by atoms with Crippen LogP contribution in [0.2, 0.25) is 0 Å². The van der Waals surface area contributed by atoms with Gasteiger partial charge in [0.1, 0.15) is 12.4 Å². The molecule has 4 rings (SSSR count). The summed E-state index contributed by atoms with van der Waals surface area (Å²) in [4.78, 5) is 2.71. The molecule has 0 bridgehead atoms. The van der Waals surface area contributed by atoms with Crippen LogP contribution in [0, 0.1) is 5.92 Å². The molecule has 1 saturated heterocycles. The molecule has 1 aliphatic carbocycles. The summed E-state index contributed by atoms with van der Waals surface area (Å²) in [5.74, 6) is 2.02. The maximum Gasteiger partial charge on any atom is 0.124 e. The molecule has 2 fully saturated rings. The number of nitrogens with zero attached hydrogens (tertiary/aromatic N) is 1. The van der Waals surface area contributed by atoms with Gasteiger partial charge in [0.15, 0.2) is 0 Å². The van der Waals surface area contributed by atoms with E-state index < -0.39 is 0 Å². The highest BCUT2D eigenvalue weighted by atomic mass is 16.5. The molecule has 3 nitrogen and oxygen atoms in total. The Morgan fingerprint density at radius 3 is 2.95 bits per heavy atom. The number of para-hydroxylation sites is 1. The third kappa shape index (κ3) is 2.13. The Bertz CT molecular complexity index is 486. The molecule has 2 aliphatic heterocycles. The van der Waals surface area contributed by atoms with Crippen LogP contribution in [0.15, 0.2) is 24.3 Å². The minimum atomic E-state index is 0.458. The van der Waals surface area contributed by atoms with E-state index in [1.54, 1.807) is 0 Å². The first-order chi connectivity index (χ1) is 9.86. The Hall–Kier alpha value is -1.06. The minimum absolute atomic E-state index is 0.458. The third-order valence-corrected chi connectivity index (χ3v) is 5.23. The highest BCUT2D eigenvalue weighted by molar-refractivity contribution is 5.39. The van der Waals surface area contributed by atoms with Gasteiger partial charge in [-0.25, -0.2) is 0 Å². The van der Waals surface area contributed by atoms with E-state index in [1.165, 1.54) is 31.4 Å². The van der Waals surface area contributed by atoms with Crippen LogP contribution in [-0.2, 0) is 0 Å². The average Bonchev–Trinajstić information content (AvgIpc) is 3.26. The van der Waals surface area contributed by atoms with Crippen LogP contribution in [0.25, 0.3) is 0 Å². The summed E-state index contributed by atoms with van der Waals surface area (Å²) in [5, 5.41) is 3.78. The van der Waals surface area contributed by atoms with Crippen molar-refractivity contribution in [2.45, 2.75) is 44.3 Å². The van der Waals surface area contributed by atoms with Crippen LogP contribution in [0.5, 0.6) is 5.75 Å². The number of benzene rings is 1. The Kier molecular flexibility index (Phi) is 3.20. The van der Waals surface area contributed by atoms with E-state index in [0.29, 0.717) is 18.1 Å². The number of piperazine rings is 1. The van der Waals surface area contributed by atoms with Crippen molar-refractivity contribution < 1.29 is 4.74 Å². The number of fused-ring (bicyclic) bond motifs is 1. The van der Waals surface area contributed by atoms with Crippen LogP contribution in [-0.4, -0.2) is 36.7 Å². The molecule has 1 N–H and O–H groups in total. The van der Waals surface area contributed by atoms with Gasteiger partial charge in [0.05, 0.1) is 6.04 Å². The molecule has 108 valence electrons. The first-order valence-electron chi connectivity index (χ1n) is 8.07. The molecule has 20 heavy (non-hydrogen) atoms. The average molecular weight is 272 g/mol. The maximum absolute atomic E-state index is 5.91. The summed E-state index contributed by atoms with van der Waals surface area (Å²) in [6, 6.07) is 10.4. The van der Waals surface area contributed by atoms with Crippen molar-refractivity contribution in [2.24, 2.45) is 5.92 Å². The van der Waals surface area contributed by atoms with Gasteiger partial charge in [-0.15, -0.1) is 0 Å². The summed E-state index contributed by atoms with van der Waals surface area (Å²) in [6.45, 7) is 5.45. The topological polar surface area (TPSA) is 24.5 Å². The zero-order chi connectivity index (χ0) is 13.5. The smallest absolute Gasteiger partial charge is 0.124 e. The lowest BCUT2D eigenvalue weighted by Gasteiger charge is -2.43. The molecule has 1 saturated carbocycles. The van der Waals surface area contributed by atoms with Crippen molar-refractivity contribution in [3.8, 4) is 5.75 Å². The lowest BCUT2D eigenvalue weighted by molar-refractivity contribution is 0.0616. The molecule has 2 heterocycles. The molecule has 0 amide bonds. The van der Waals surface area contributed by atoms with Crippen LogP contribution < -0.4 is 10.1 Å². The molecule has 0 radical (unpaired) electrons. The molecule has 3 atom stereocenters. The second-order valence-electron chi connectivity index (χ2n) is 6.48. The van der Waals surface area contributed by atoms with Crippen molar-refractivity contribution in [3.63, 3.8) is 0 Å². The second kappa shape index (κ2) is 5.05. The van der Waals surface area contributed by atoms with Crippen LogP contribution >= 0.6 is 0 Å². The monoisotopic (exact) mass is 272 g/mol. The lowest BCUT2D eigenvalue weighted by Crippen LogP contribution is -2.58. The van der Waals surface area contributed by atoms with Gasteiger partial charge < -0.3 is 10.1 Å². The molecule has 1 aromatic rings. The van der Waals surface area contributed by atoms with Crippen LogP contribution in [0.1, 0.15) is 37.8 Å². The molecular weight excluding hydrogens is 248 g/mol. The number of hydrogen-bond acceptors (Lipinski definition) is 3. The van der Waals surface area contributed by atoms with E-state index in [2.05, 4.69) is 41.4 Å². The van der Waals surface area contributed by atoms with E-state index in [4.69, 9.17) is 4.74 Å². The van der Waals surface area contributed by atoms with Gasteiger partial charge in [0, 0.05) is 30.7 Å². The van der Waals surface area contributed by atoms with E-state index in [0.717, 1.165) is 24.8 Å². The number of rotatable bonds is 3. The van der Waals surface area contributed by atoms with E-state index in [1.807, 2.05) is 0 Å². The standard InChI is InChI=1S/C17H24N2O/c1-2-13-9-18-15(12-7-8-12)10-19(13)16-11-20-17-6-4-3-5-14(16)17/h3-6,12-13,15-16,18H,2,7-11H2,1H3. The van der Waals surface area contributed by atoms with Crippen molar-refractivity contribution >= 4 is 0 Å². The Labute approximate surface area is 121 Å². The zero-order valence-corrected chi connectivity index (χ0v) is 12.2. The summed E-state index contributed by atoms with van der Waals surface area (Å²) in [7, 11) is 0. The van der Waals surface area contributed by atoms with Gasteiger partial charge >= 0.3 is 0 Å². The Morgan fingerprint density at radius 2 is 2.15 bits per heavy atom. The summed E-state index contributed by atoms with van der Waals surface area (Å²) in [6.07, 6.45) is 4.04. The fraction of sp³-hybridized carbons (Fsp3) is 0.647. The van der Waals surface area contributed by atoms with Gasteiger partial charge in [0.25, 0.3) is 0 Å². The predicted octanol–water partition coefficient (Wildman–Crippen LogP) is 2.58. The van der Waals surface area contributed by atoms with Crippen LogP contribution in [0.4, 0.5) is 0 Å². The molecular formula is C17H24N2O.